The van der Waals surface area contributed by atoms with Gasteiger partial charge in [-0.1, -0.05) is 68.1 Å². The van der Waals surface area contributed by atoms with E-state index in [1.165, 1.54) is 16.7 Å². The van der Waals surface area contributed by atoms with Gasteiger partial charge in [-0.15, -0.1) is 16.8 Å². The van der Waals surface area contributed by atoms with Crippen molar-refractivity contribution in [3.05, 3.63) is 83.7 Å². The maximum absolute atomic E-state index is 5.94. The second-order valence-corrected chi connectivity index (χ2v) is 7.97. The predicted octanol–water partition coefficient (Wildman–Crippen LogP) is 5.77. The van der Waals surface area contributed by atoms with E-state index in [2.05, 4.69) is 78.5 Å². The Bertz CT molecular complexity index is 916. The van der Waals surface area contributed by atoms with Gasteiger partial charge in [-0.3, -0.25) is 4.57 Å². The Morgan fingerprint density at radius 2 is 1.86 bits per heavy atom. The molecule has 0 fully saturated rings. The van der Waals surface area contributed by atoms with Gasteiger partial charge in [-0.2, -0.15) is 0 Å². The van der Waals surface area contributed by atoms with Gasteiger partial charge in [0.05, 0.1) is 0 Å². The molecule has 146 valence electrons. The third-order valence-corrected chi connectivity index (χ3v) is 5.65. The van der Waals surface area contributed by atoms with Crippen molar-refractivity contribution in [3.8, 4) is 5.75 Å². The van der Waals surface area contributed by atoms with E-state index in [0.29, 0.717) is 19.1 Å². The summed E-state index contributed by atoms with van der Waals surface area (Å²) >= 11 is 1.69. The number of thioether (sulfide) groups is 1. The van der Waals surface area contributed by atoms with Crippen molar-refractivity contribution >= 4 is 11.8 Å². The summed E-state index contributed by atoms with van der Waals surface area (Å²) < 4.78 is 8.01. The first-order chi connectivity index (χ1) is 13.6. The van der Waals surface area contributed by atoms with Gasteiger partial charge in [-0.05, 0) is 41.7 Å². The molecule has 0 radical (unpaired) electrons. The van der Waals surface area contributed by atoms with Gasteiger partial charge in [0.1, 0.15) is 12.4 Å². The second-order valence-electron chi connectivity index (χ2n) is 7.03. The van der Waals surface area contributed by atoms with Gasteiger partial charge in [0, 0.05) is 12.3 Å². The number of benzene rings is 2. The molecule has 28 heavy (non-hydrogen) atoms. The fourth-order valence-electron chi connectivity index (χ4n) is 2.86. The Morgan fingerprint density at radius 1 is 1.11 bits per heavy atom. The van der Waals surface area contributed by atoms with E-state index in [9.17, 15) is 0 Å². The molecule has 1 heterocycles. The smallest absolute Gasteiger partial charge is 0.191 e. The topological polar surface area (TPSA) is 39.9 Å². The monoisotopic (exact) mass is 393 g/mol. The van der Waals surface area contributed by atoms with E-state index < -0.39 is 0 Å². The van der Waals surface area contributed by atoms with Crippen molar-refractivity contribution < 1.29 is 4.74 Å². The highest BCUT2D eigenvalue weighted by molar-refractivity contribution is 7.98. The number of rotatable bonds is 9. The van der Waals surface area contributed by atoms with Gasteiger partial charge in [0.15, 0.2) is 11.0 Å². The normalized spacial score (nSPS) is 11.0. The van der Waals surface area contributed by atoms with E-state index in [-0.39, 0.29) is 0 Å². The molecule has 4 nitrogen and oxygen atoms in total. The van der Waals surface area contributed by atoms with E-state index in [0.717, 1.165) is 22.5 Å². The van der Waals surface area contributed by atoms with Crippen LogP contribution in [0.1, 0.15) is 42.3 Å². The summed E-state index contributed by atoms with van der Waals surface area (Å²) in [5.74, 6) is 3.02. The molecular formula is C23H27N3OS. The highest BCUT2D eigenvalue weighted by Crippen LogP contribution is 2.24. The van der Waals surface area contributed by atoms with Crippen LogP contribution in [0.15, 0.2) is 66.3 Å². The Hall–Kier alpha value is -2.53. The van der Waals surface area contributed by atoms with E-state index >= 15 is 0 Å². The van der Waals surface area contributed by atoms with Crippen LogP contribution in [0.25, 0.3) is 0 Å². The van der Waals surface area contributed by atoms with Crippen LogP contribution in [0.4, 0.5) is 0 Å². The molecule has 5 heteroatoms. The van der Waals surface area contributed by atoms with E-state index in [1.807, 2.05) is 18.2 Å². The zero-order valence-electron chi connectivity index (χ0n) is 16.8. The van der Waals surface area contributed by atoms with Gasteiger partial charge in [0.2, 0.25) is 0 Å². The molecule has 0 saturated heterocycles. The molecule has 0 unspecified atom stereocenters. The Morgan fingerprint density at radius 3 is 2.54 bits per heavy atom. The van der Waals surface area contributed by atoms with E-state index in [4.69, 9.17) is 4.74 Å². The molecule has 3 rings (SSSR count). The number of aryl methyl sites for hydroxylation is 1. The minimum Gasteiger partial charge on any atom is -0.486 e. The van der Waals surface area contributed by atoms with E-state index in [1.54, 1.807) is 11.8 Å². The van der Waals surface area contributed by atoms with Crippen molar-refractivity contribution in [1.29, 1.82) is 0 Å². The third kappa shape index (κ3) is 5.04. The highest BCUT2D eigenvalue weighted by Gasteiger charge is 2.13. The molecule has 3 aromatic rings. The third-order valence-electron chi connectivity index (χ3n) is 4.64. The first-order valence-electron chi connectivity index (χ1n) is 9.51. The molecule has 0 aliphatic heterocycles. The second kappa shape index (κ2) is 9.60. The lowest BCUT2D eigenvalue weighted by atomic mass is 10.0. The average Bonchev–Trinajstić information content (AvgIpc) is 3.08. The number of aromatic nitrogens is 3. The number of allylic oxidation sites excluding steroid dienone is 1. The predicted molar refractivity (Wildman–Crippen MR) is 116 cm³/mol. The van der Waals surface area contributed by atoms with Crippen molar-refractivity contribution in [3.63, 3.8) is 0 Å². The molecular weight excluding hydrogens is 366 g/mol. The number of nitrogens with zero attached hydrogens (tertiary/aromatic N) is 3. The Kier molecular flexibility index (Phi) is 6.93. The van der Waals surface area contributed by atoms with Crippen LogP contribution < -0.4 is 4.74 Å². The summed E-state index contributed by atoms with van der Waals surface area (Å²) in [5.41, 5.74) is 3.90. The fraction of sp³-hybridized carbons (Fsp3) is 0.304. The summed E-state index contributed by atoms with van der Waals surface area (Å²) in [7, 11) is 0. The largest absolute Gasteiger partial charge is 0.486 e. The molecule has 0 aliphatic rings. The van der Waals surface area contributed by atoms with Crippen LogP contribution in [-0.2, 0) is 18.9 Å². The summed E-state index contributed by atoms with van der Waals surface area (Å²) in [4.78, 5) is 0. The first-order valence-corrected chi connectivity index (χ1v) is 10.5. The SMILES string of the molecule is C=CCn1c(COc2ccc(C(C)C)cc2)nnc1SCc1ccccc1C. The molecule has 2 aromatic carbocycles. The summed E-state index contributed by atoms with van der Waals surface area (Å²) in [5, 5.41) is 9.61. The molecule has 0 N–H and O–H groups in total. The van der Waals surface area contributed by atoms with Crippen molar-refractivity contribution in [2.24, 2.45) is 0 Å². The molecule has 0 atom stereocenters. The average molecular weight is 394 g/mol. The Balaban J connectivity index is 1.68. The van der Waals surface area contributed by atoms with Gasteiger partial charge >= 0.3 is 0 Å². The molecule has 0 aliphatic carbocycles. The van der Waals surface area contributed by atoms with Crippen molar-refractivity contribution in [2.75, 3.05) is 0 Å². The molecule has 1 aromatic heterocycles. The zero-order chi connectivity index (χ0) is 19.9. The molecule has 0 spiro atoms. The number of hydrogen-bond acceptors (Lipinski definition) is 4. The van der Waals surface area contributed by atoms with Gasteiger partial charge in [-0.25, -0.2) is 0 Å². The summed E-state index contributed by atoms with van der Waals surface area (Å²) in [6.07, 6.45) is 1.86. The highest BCUT2D eigenvalue weighted by atomic mass is 32.2. The lowest BCUT2D eigenvalue weighted by Gasteiger charge is -2.11. The zero-order valence-corrected chi connectivity index (χ0v) is 17.6. The lowest BCUT2D eigenvalue weighted by molar-refractivity contribution is 0.289. The fourth-order valence-corrected chi connectivity index (χ4v) is 3.90. The quantitative estimate of drug-likeness (QED) is 0.342. The first kappa shape index (κ1) is 20.2. The van der Waals surface area contributed by atoms with Crippen LogP contribution in [0.5, 0.6) is 5.75 Å². The maximum Gasteiger partial charge on any atom is 0.191 e. The van der Waals surface area contributed by atoms with Crippen molar-refractivity contribution in [1.82, 2.24) is 14.8 Å². The summed E-state index contributed by atoms with van der Waals surface area (Å²) in [6, 6.07) is 16.7. The standard InChI is InChI=1S/C23H27N3OS/c1-5-14-26-22(15-27-21-12-10-19(11-13-21)17(2)3)24-25-23(26)28-16-20-9-7-6-8-18(20)4/h5-13,17H,1,14-16H2,2-4H3. The molecule has 0 saturated carbocycles. The summed E-state index contributed by atoms with van der Waals surface area (Å²) in [6.45, 7) is 11.4. The lowest BCUT2D eigenvalue weighted by Crippen LogP contribution is -2.07. The molecule has 0 amide bonds. The Labute approximate surface area is 171 Å². The van der Waals surface area contributed by atoms with Crippen LogP contribution in [0.3, 0.4) is 0 Å². The minimum absolute atomic E-state index is 0.382. The van der Waals surface area contributed by atoms with Crippen LogP contribution in [0, 0.1) is 6.92 Å². The maximum atomic E-state index is 5.94. The van der Waals surface area contributed by atoms with Crippen LogP contribution in [-0.4, -0.2) is 14.8 Å². The number of hydrogen-bond donors (Lipinski definition) is 0. The minimum atomic E-state index is 0.382. The van der Waals surface area contributed by atoms with Gasteiger partial charge < -0.3 is 4.74 Å². The van der Waals surface area contributed by atoms with Gasteiger partial charge in [0.25, 0.3) is 0 Å². The molecule has 0 bridgehead atoms. The van der Waals surface area contributed by atoms with Crippen LogP contribution in [0.2, 0.25) is 0 Å². The van der Waals surface area contributed by atoms with Crippen molar-refractivity contribution in [2.45, 2.75) is 50.8 Å². The number of ether oxygens (including phenoxy) is 1. The van der Waals surface area contributed by atoms with Crippen LogP contribution >= 0.6 is 11.8 Å².